The second-order valence-corrected chi connectivity index (χ2v) is 11.9. The summed E-state index contributed by atoms with van der Waals surface area (Å²) >= 11 is 6.19. The number of nitrogens with one attached hydrogen (secondary N) is 2. The number of benzene rings is 1. The number of ether oxygens (including phenoxy) is 1. The van der Waals surface area contributed by atoms with Crippen LogP contribution in [0.2, 0.25) is 5.02 Å². The van der Waals surface area contributed by atoms with Gasteiger partial charge in [-0.05, 0) is 86.0 Å². The number of likely N-dealkylation sites (tertiary alicyclic amines) is 1. The predicted octanol–water partition coefficient (Wildman–Crippen LogP) is 5.14. The molecule has 0 spiro atoms. The Morgan fingerprint density at radius 2 is 1.86 bits per heavy atom. The van der Waals surface area contributed by atoms with Crippen LogP contribution in [-0.2, 0) is 6.54 Å². The Morgan fingerprint density at radius 1 is 1.09 bits per heavy atom. The van der Waals surface area contributed by atoms with Crippen LogP contribution >= 0.6 is 11.6 Å². The highest BCUT2D eigenvalue weighted by Gasteiger charge is 2.46. The fourth-order valence-electron chi connectivity index (χ4n) is 5.19. The highest BCUT2D eigenvalue weighted by atomic mass is 35.5. The van der Waals surface area contributed by atoms with Gasteiger partial charge in [0, 0.05) is 35.4 Å². The lowest BCUT2D eigenvalue weighted by Gasteiger charge is -2.39. The lowest BCUT2D eigenvalue weighted by Crippen LogP contribution is -2.58. The molecule has 1 aromatic carbocycles. The van der Waals surface area contributed by atoms with Crippen molar-refractivity contribution in [1.82, 2.24) is 19.8 Å². The van der Waals surface area contributed by atoms with E-state index in [-0.39, 0.29) is 46.1 Å². The minimum Gasteiger partial charge on any atom is -0.478 e. The summed E-state index contributed by atoms with van der Waals surface area (Å²) in [6.45, 7) is 2.15. The summed E-state index contributed by atoms with van der Waals surface area (Å²) in [6, 6.07) is 9.46. The Morgan fingerprint density at radius 3 is 2.53 bits per heavy atom. The predicted molar refractivity (Wildman–Crippen MR) is 158 cm³/mol. The quantitative estimate of drug-likeness (QED) is 0.311. The fraction of sp³-hybridized carbons (Fsp3) is 0.419. The van der Waals surface area contributed by atoms with Gasteiger partial charge < -0.3 is 24.8 Å². The Balaban J connectivity index is 1.31. The second-order valence-electron chi connectivity index (χ2n) is 11.5. The van der Waals surface area contributed by atoms with Crippen LogP contribution in [0.25, 0.3) is 11.1 Å². The first kappa shape index (κ1) is 29.3. The van der Waals surface area contributed by atoms with E-state index in [0.717, 1.165) is 29.8 Å². The van der Waals surface area contributed by atoms with Gasteiger partial charge in [0.15, 0.2) is 0 Å². The van der Waals surface area contributed by atoms with Crippen LogP contribution in [0.1, 0.15) is 64.9 Å². The first-order valence-electron chi connectivity index (χ1n) is 14.5. The van der Waals surface area contributed by atoms with E-state index >= 15 is 0 Å². The minimum absolute atomic E-state index is 0.00357. The number of halogens is 3. The molecule has 0 atom stereocenters. The normalized spacial score (nSPS) is 17.3. The van der Waals surface area contributed by atoms with Gasteiger partial charge in [0.25, 0.3) is 23.3 Å². The Kier molecular flexibility index (Phi) is 7.95. The van der Waals surface area contributed by atoms with Crippen molar-refractivity contribution in [2.45, 2.75) is 51.1 Å². The van der Waals surface area contributed by atoms with Crippen molar-refractivity contribution in [2.24, 2.45) is 5.92 Å². The largest absolute Gasteiger partial charge is 0.478 e. The van der Waals surface area contributed by atoms with E-state index in [1.165, 1.54) is 18.9 Å². The number of aromatic nitrogens is 2. The number of nitrogens with zero attached hydrogens (tertiary/aromatic N) is 3. The molecule has 2 aromatic heterocycles. The molecule has 2 aliphatic carbocycles. The SMILES string of the molecule is CCOc1cc(-c2ccc(Cl)cc2C(=O)N2CC(F)(F)C2)cc(NC(=O)c2cc(CNCC3CC3)cn(C3CC3)c2=O)n1. The van der Waals surface area contributed by atoms with Crippen LogP contribution in [0.15, 0.2) is 47.4 Å². The molecule has 43 heavy (non-hydrogen) atoms. The van der Waals surface area contributed by atoms with Crippen LogP contribution in [0.3, 0.4) is 0 Å². The molecular formula is C31H32ClF2N5O4. The number of carbonyl (C=O) groups excluding carboxylic acids is 2. The molecule has 0 bridgehead atoms. The van der Waals surface area contributed by atoms with E-state index in [4.69, 9.17) is 16.3 Å². The molecular weight excluding hydrogens is 580 g/mol. The summed E-state index contributed by atoms with van der Waals surface area (Å²) in [7, 11) is 0. The molecule has 3 aromatic rings. The van der Waals surface area contributed by atoms with Crippen molar-refractivity contribution in [2.75, 3.05) is 31.6 Å². The topological polar surface area (TPSA) is 106 Å². The fourth-order valence-corrected chi connectivity index (χ4v) is 5.36. The van der Waals surface area contributed by atoms with Gasteiger partial charge in [-0.25, -0.2) is 8.78 Å². The van der Waals surface area contributed by atoms with Crippen molar-refractivity contribution in [3.05, 3.63) is 74.7 Å². The average molecular weight is 612 g/mol. The number of pyridine rings is 2. The number of anilines is 1. The van der Waals surface area contributed by atoms with E-state index in [0.29, 0.717) is 23.6 Å². The summed E-state index contributed by atoms with van der Waals surface area (Å²) in [6.07, 6.45) is 6.04. The maximum Gasteiger partial charge on any atom is 0.282 e. The van der Waals surface area contributed by atoms with E-state index in [1.807, 2.05) is 6.20 Å². The molecule has 0 unspecified atom stereocenters. The number of amides is 2. The molecule has 3 fully saturated rings. The molecule has 3 aliphatic rings. The lowest BCUT2D eigenvalue weighted by atomic mass is 9.97. The van der Waals surface area contributed by atoms with Crippen LogP contribution in [-0.4, -0.2) is 58.4 Å². The van der Waals surface area contributed by atoms with Gasteiger partial charge in [0.2, 0.25) is 5.88 Å². The molecule has 12 heteroatoms. The summed E-state index contributed by atoms with van der Waals surface area (Å²) < 4.78 is 34.3. The standard InChI is InChI=1S/C31H32ClF2N5O4/c1-2-43-27-11-20(23-8-5-21(32)12-24(23)29(41)38-16-31(33,34)17-38)10-26(36-27)37-28(40)25-9-19(14-35-13-18-3-4-18)15-39(30(25)42)22-6-7-22/h5,8-12,15,18,22,35H,2-4,6-7,13-14,16-17H2,1H3,(H,36,37,40). The summed E-state index contributed by atoms with van der Waals surface area (Å²) in [5, 5.41) is 6.42. The van der Waals surface area contributed by atoms with Crippen LogP contribution in [0, 0.1) is 5.92 Å². The third kappa shape index (κ3) is 6.73. The highest BCUT2D eigenvalue weighted by Crippen LogP contribution is 2.35. The van der Waals surface area contributed by atoms with Gasteiger partial charge in [-0.2, -0.15) is 4.98 Å². The van der Waals surface area contributed by atoms with Gasteiger partial charge >= 0.3 is 0 Å². The minimum atomic E-state index is -2.92. The molecule has 1 saturated heterocycles. The van der Waals surface area contributed by atoms with E-state index in [2.05, 4.69) is 15.6 Å². The van der Waals surface area contributed by atoms with Crippen molar-refractivity contribution in [3.8, 4) is 17.0 Å². The maximum absolute atomic E-state index is 13.5. The van der Waals surface area contributed by atoms with Gasteiger partial charge in [-0.15, -0.1) is 0 Å². The first-order valence-corrected chi connectivity index (χ1v) is 14.9. The summed E-state index contributed by atoms with van der Waals surface area (Å²) in [5.74, 6) is -3.16. The third-order valence-electron chi connectivity index (χ3n) is 7.73. The maximum atomic E-state index is 13.5. The average Bonchev–Trinajstić information content (AvgIpc) is 3.87. The molecule has 9 nitrogen and oxygen atoms in total. The van der Waals surface area contributed by atoms with Crippen molar-refractivity contribution < 1.29 is 23.1 Å². The third-order valence-corrected chi connectivity index (χ3v) is 7.97. The molecule has 1 aliphatic heterocycles. The number of hydrogen-bond donors (Lipinski definition) is 2. The zero-order valence-corrected chi connectivity index (χ0v) is 24.4. The lowest BCUT2D eigenvalue weighted by molar-refractivity contribution is -0.113. The van der Waals surface area contributed by atoms with Crippen molar-refractivity contribution in [3.63, 3.8) is 0 Å². The molecule has 226 valence electrons. The van der Waals surface area contributed by atoms with Crippen molar-refractivity contribution >= 4 is 29.2 Å². The Labute approximate surface area is 252 Å². The molecule has 0 radical (unpaired) electrons. The monoisotopic (exact) mass is 611 g/mol. The molecule has 2 saturated carbocycles. The van der Waals surface area contributed by atoms with Crippen LogP contribution in [0.4, 0.5) is 14.6 Å². The molecule has 3 heterocycles. The summed E-state index contributed by atoms with van der Waals surface area (Å²) in [5.41, 5.74) is 1.47. The number of hydrogen-bond acceptors (Lipinski definition) is 6. The van der Waals surface area contributed by atoms with E-state index in [9.17, 15) is 23.2 Å². The van der Waals surface area contributed by atoms with Gasteiger partial charge in [0.05, 0.1) is 19.7 Å². The summed E-state index contributed by atoms with van der Waals surface area (Å²) in [4.78, 5) is 45.5. The van der Waals surface area contributed by atoms with Crippen molar-refractivity contribution in [1.29, 1.82) is 0 Å². The Bertz CT molecular complexity index is 1630. The van der Waals surface area contributed by atoms with Crippen LogP contribution in [0.5, 0.6) is 5.88 Å². The van der Waals surface area contributed by atoms with Gasteiger partial charge in [0.1, 0.15) is 11.4 Å². The molecule has 6 rings (SSSR count). The van der Waals surface area contributed by atoms with E-state index < -0.39 is 30.8 Å². The molecule has 2 amide bonds. The van der Waals surface area contributed by atoms with Gasteiger partial charge in [-0.1, -0.05) is 17.7 Å². The number of rotatable bonds is 11. The van der Waals surface area contributed by atoms with Gasteiger partial charge in [-0.3, -0.25) is 14.4 Å². The molecule has 2 N–H and O–H groups in total. The zero-order valence-electron chi connectivity index (χ0n) is 23.7. The second kappa shape index (κ2) is 11.7. The Hall–Kier alpha value is -3.83. The number of carbonyl (C=O) groups is 2. The number of alkyl halides is 2. The smallest absolute Gasteiger partial charge is 0.282 e. The van der Waals surface area contributed by atoms with E-state index in [1.54, 1.807) is 41.8 Å². The van der Waals surface area contributed by atoms with Crippen LogP contribution < -0.4 is 20.9 Å². The zero-order chi connectivity index (χ0) is 30.3. The highest BCUT2D eigenvalue weighted by molar-refractivity contribution is 6.31. The first-order chi connectivity index (χ1) is 20.6.